The fourth-order valence-electron chi connectivity index (χ4n) is 1.59. The second-order valence-electron chi connectivity index (χ2n) is 5.73. The van der Waals surface area contributed by atoms with Gasteiger partial charge in [0.25, 0.3) is 0 Å². The standard InChI is InChI=1S/C16H20N2O/c1-16(2,3)15(19)13(11-17)10-12-6-8-14(9-7-12)18(4)5/h6-10H,1-5H3/b13-10+. The van der Waals surface area contributed by atoms with Crippen LogP contribution >= 0.6 is 0 Å². The number of hydrogen-bond acceptors (Lipinski definition) is 3. The predicted octanol–water partition coefficient (Wildman–Crippen LogP) is 3.27. The van der Waals surface area contributed by atoms with E-state index >= 15 is 0 Å². The first-order chi connectivity index (χ1) is 8.75. The third kappa shape index (κ3) is 3.96. The SMILES string of the molecule is CN(C)c1ccc(/C=C(\C#N)C(=O)C(C)(C)C)cc1. The van der Waals surface area contributed by atoms with Gasteiger partial charge in [0.2, 0.25) is 0 Å². The molecule has 3 nitrogen and oxygen atoms in total. The lowest BCUT2D eigenvalue weighted by atomic mass is 9.86. The number of carbonyl (C=O) groups is 1. The monoisotopic (exact) mass is 256 g/mol. The van der Waals surface area contributed by atoms with Crippen molar-refractivity contribution in [2.45, 2.75) is 20.8 Å². The highest BCUT2D eigenvalue weighted by Crippen LogP contribution is 2.22. The van der Waals surface area contributed by atoms with Crippen molar-refractivity contribution >= 4 is 17.5 Å². The molecule has 0 aliphatic heterocycles. The number of allylic oxidation sites excluding steroid dienone is 1. The number of Topliss-reactive ketones (excluding diaryl/α,β-unsaturated/α-hetero) is 1. The lowest BCUT2D eigenvalue weighted by molar-refractivity contribution is -0.121. The summed E-state index contributed by atoms with van der Waals surface area (Å²) in [6, 6.07) is 9.73. The molecule has 0 spiro atoms. The maximum Gasteiger partial charge on any atom is 0.178 e. The van der Waals surface area contributed by atoms with E-state index in [9.17, 15) is 4.79 Å². The highest BCUT2D eigenvalue weighted by molar-refractivity contribution is 6.06. The van der Waals surface area contributed by atoms with E-state index in [0.29, 0.717) is 0 Å². The van der Waals surface area contributed by atoms with Crippen molar-refractivity contribution in [2.24, 2.45) is 5.41 Å². The molecule has 0 aliphatic carbocycles. The molecule has 0 bridgehead atoms. The summed E-state index contributed by atoms with van der Waals surface area (Å²) in [5, 5.41) is 9.12. The molecule has 1 rings (SSSR count). The molecule has 100 valence electrons. The lowest BCUT2D eigenvalue weighted by Gasteiger charge is -2.15. The third-order valence-corrected chi connectivity index (χ3v) is 2.77. The van der Waals surface area contributed by atoms with Gasteiger partial charge in [-0.05, 0) is 23.8 Å². The molecule has 0 saturated heterocycles. The first kappa shape index (κ1) is 15.0. The van der Waals surface area contributed by atoms with Gasteiger partial charge in [-0.2, -0.15) is 5.26 Å². The van der Waals surface area contributed by atoms with Gasteiger partial charge >= 0.3 is 0 Å². The molecule has 0 heterocycles. The summed E-state index contributed by atoms with van der Waals surface area (Å²) in [7, 11) is 3.93. The van der Waals surface area contributed by atoms with E-state index in [2.05, 4.69) is 0 Å². The van der Waals surface area contributed by atoms with Crippen molar-refractivity contribution in [1.82, 2.24) is 0 Å². The Morgan fingerprint density at radius 1 is 1.21 bits per heavy atom. The van der Waals surface area contributed by atoms with Gasteiger partial charge in [0.15, 0.2) is 5.78 Å². The molecule has 1 aromatic rings. The molecule has 0 fully saturated rings. The fourth-order valence-corrected chi connectivity index (χ4v) is 1.59. The summed E-state index contributed by atoms with van der Waals surface area (Å²) in [6.07, 6.45) is 1.65. The van der Waals surface area contributed by atoms with Gasteiger partial charge in [-0.1, -0.05) is 32.9 Å². The average Bonchev–Trinajstić information content (AvgIpc) is 2.34. The normalized spacial score (nSPS) is 11.9. The van der Waals surface area contributed by atoms with Crippen LogP contribution < -0.4 is 4.90 Å². The van der Waals surface area contributed by atoms with Gasteiger partial charge < -0.3 is 4.90 Å². The Bertz CT molecular complexity index is 525. The Morgan fingerprint density at radius 2 is 1.74 bits per heavy atom. The Balaban J connectivity index is 3.06. The van der Waals surface area contributed by atoms with Crippen molar-refractivity contribution in [3.05, 3.63) is 35.4 Å². The molecule has 0 amide bonds. The molecule has 0 aliphatic rings. The molecular weight excluding hydrogens is 236 g/mol. The van der Waals surface area contributed by atoms with Gasteiger partial charge in [-0.3, -0.25) is 4.79 Å². The van der Waals surface area contributed by atoms with Gasteiger partial charge in [-0.25, -0.2) is 0 Å². The first-order valence-corrected chi connectivity index (χ1v) is 6.19. The number of ketones is 1. The highest BCUT2D eigenvalue weighted by Gasteiger charge is 2.24. The maximum atomic E-state index is 12.1. The van der Waals surface area contributed by atoms with Gasteiger partial charge in [-0.15, -0.1) is 0 Å². The first-order valence-electron chi connectivity index (χ1n) is 6.19. The van der Waals surface area contributed by atoms with E-state index in [0.717, 1.165) is 11.3 Å². The largest absolute Gasteiger partial charge is 0.378 e. The van der Waals surface area contributed by atoms with E-state index in [-0.39, 0.29) is 11.4 Å². The summed E-state index contributed by atoms with van der Waals surface area (Å²) in [6.45, 7) is 5.45. The second-order valence-corrected chi connectivity index (χ2v) is 5.73. The summed E-state index contributed by atoms with van der Waals surface area (Å²) in [5.41, 5.74) is 1.60. The van der Waals surface area contributed by atoms with Crippen molar-refractivity contribution < 1.29 is 4.79 Å². The van der Waals surface area contributed by atoms with Crippen LogP contribution in [0.15, 0.2) is 29.8 Å². The number of benzene rings is 1. The van der Waals surface area contributed by atoms with E-state index in [1.807, 2.05) is 70.1 Å². The van der Waals surface area contributed by atoms with Crippen LogP contribution in [-0.4, -0.2) is 19.9 Å². The number of nitrogens with zero attached hydrogens (tertiary/aromatic N) is 2. The Kier molecular flexibility index (Phi) is 4.50. The molecule has 0 atom stereocenters. The Morgan fingerprint density at radius 3 is 2.11 bits per heavy atom. The van der Waals surface area contributed by atoms with E-state index in [1.54, 1.807) is 6.08 Å². The molecule has 19 heavy (non-hydrogen) atoms. The van der Waals surface area contributed by atoms with Crippen LogP contribution in [0.4, 0.5) is 5.69 Å². The zero-order valence-corrected chi connectivity index (χ0v) is 12.2. The second kappa shape index (κ2) is 5.71. The molecule has 0 N–H and O–H groups in total. The lowest BCUT2D eigenvalue weighted by Crippen LogP contribution is -2.21. The van der Waals surface area contributed by atoms with Gasteiger partial charge in [0.1, 0.15) is 6.07 Å². The molecule has 1 aromatic carbocycles. The van der Waals surface area contributed by atoms with Crippen LogP contribution in [0.1, 0.15) is 26.3 Å². The van der Waals surface area contributed by atoms with Crippen molar-refractivity contribution in [3.8, 4) is 6.07 Å². The van der Waals surface area contributed by atoms with Crippen LogP contribution in [0.2, 0.25) is 0 Å². The smallest absolute Gasteiger partial charge is 0.178 e. The Labute approximate surface area is 115 Å². The third-order valence-electron chi connectivity index (χ3n) is 2.77. The fraction of sp³-hybridized carbons (Fsp3) is 0.375. The van der Waals surface area contributed by atoms with Crippen LogP contribution in [0, 0.1) is 16.7 Å². The predicted molar refractivity (Wildman–Crippen MR) is 78.8 cm³/mol. The minimum atomic E-state index is -0.537. The van der Waals surface area contributed by atoms with Crippen molar-refractivity contribution in [1.29, 1.82) is 5.26 Å². The van der Waals surface area contributed by atoms with E-state index < -0.39 is 5.41 Å². The maximum absolute atomic E-state index is 12.1. The number of carbonyl (C=O) groups excluding carboxylic acids is 1. The zero-order valence-electron chi connectivity index (χ0n) is 12.2. The Hall–Kier alpha value is -2.08. The summed E-state index contributed by atoms with van der Waals surface area (Å²) < 4.78 is 0. The van der Waals surface area contributed by atoms with Crippen LogP contribution in [0.3, 0.4) is 0 Å². The molecule has 0 radical (unpaired) electrons. The summed E-state index contributed by atoms with van der Waals surface area (Å²) >= 11 is 0. The van der Waals surface area contributed by atoms with Crippen LogP contribution in [0.25, 0.3) is 6.08 Å². The van der Waals surface area contributed by atoms with Gasteiger partial charge in [0, 0.05) is 25.2 Å². The van der Waals surface area contributed by atoms with Crippen molar-refractivity contribution in [3.63, 3.8) is 0 Å². The number of rotatable bonds is 3. The molecule has 0 saturated carbocycles. The van der Waals surface area contributed by atoms with Crippen LogP contribution in [-0.2, 0) is 4.79 Å². The topological polar surface area (TPSA) is 44.1 Å². The number of nitriles is 1. The van der Waals surface area contributed by atoms with Gasteiger partial charge in [0.05, 0.1) is 5.57 Å². The highest BCUT2D eigenvalue weighted by atomic mass is 16.1. The molecule has 3 heteroatoms. The van der Waals surface area contributed by atoms with E-state index in [1.165, 1.54) is 0 Å². The quantitative estimate of drug-likeness (QED) is 0.616. The molecule has 0 aromatic heterocycles. The molecule has 0 unspecified atom stereocenters. The summed E-state index contributed by atoms with van der Waals surface area (Å²) in [4.78, 5) is 14.1. The van der Waals surface area contributed by atoms with E-state index in [4.69, 9.17) is 5.26 Å². The average molecular weight is 256 g/mol. The molecular formula is C16H20N2O. The minimum absolute atomic E-state index is 0.133. The van der Waals surface area contributed by atoms with Crippen LogP contribution in [0.5, 0.6) is 0 Å². The van der Waals surface area contributed by atoms with Crippen molar-refractivity contribution in [2.75, 3.05) is 19.0 Å². The minimum Gasteiger partial charge on any atom is -0.378 e. The number of hydrogen-bond donors (Lipinski definition) is 0. The summed E-state index contributed by atoms with van der Waals surface area (Å²) in [5.74, 6) is -0.133. The number of anilines is 1. The zero-order chi connectivity index (χ0) is 14.6.